The maximum absolute atomic E-state index is 10.5. The highest BCUT2D eigenvalue weighted by atomic mass is 16.4. The van der Waals surface area contributed by atoms with Crippen LogP contribution in [0.5, 0.6) is 0 Å². The van der Waals surface area contributed by atoms with Crippen LogP contribution in [-0.2, 0) is 4.79 Å². The standard InChI is InChI=1S/C22H40O5/c1-2-3-4-5-8-11-17(23)14-15-19-18(20(24)16-21(19)25)12-9-6-7-10-13-22(26)27/h14-15,17-21,23-25H,2-13,16H2,1H3,(H,26,27)/t17-,18+,19+,20-,21+/m0/s1. The molecule has 0 aromatic heterocycles. The van der Waals surface area contributed by atoms with E-state index >= 15 is 0 Å². The molecule has 5 atom stereocenters. The number of aliphatic hydroxyl groups is 3. The zero-order chi connectivity index (χ0) is 20.1. The summed E-state index contributed by atoms with van der Waals surface area (Å²) in [5, 5.41) is 39.3. The topological polar surface area (TPSA) is 98.0 Å². The maximum Gasteiger partial charge on any atom is 0.303 e. The Hall–Kier alpha value is -0.910. The zero-order valence-electron chi connectivity index (χ0n) is 16.9. The predicted molar refractivity (Wildman–Crippen MR) is 107 cm³/mol. The van der Waals surface area contributed by atoms with E-state index in [0.717, 1.165) is 44.9 Å². The van der Waals surface area contributed by atoms with Gasteiger partial charge < -0.3 is 20.4 Å². The molecule has 0 unspecified atom stereocenters. The average molecular weight is 385 g/mol. The maximum atomic E-state index is 10.5. The number of aliphatic carboxylic acids is 1. The Morgan fingerprint density at radius 1 is 1.00 bits per heavy atom. The van der Waals surface area contributed by atoms with Gasteiger partial charge in [0.05, 0.1) is 18.3 Å². The Balaban J connectivity index is 2.33. The Kier molecular flexibility index (Phi) is 12.6. The van der Waals surface area contributed by atoms with Crippen LogP contribution >= 0.6 is 0 Å². The molecule has 0 amide bonds. The van der Waals surface area contributed by atoms with Crippen molar-refractivity contribution in [2.45, 2.75) is 109 Å². The summed E-state index contributed by atoms with van der Waals surface area (Å²) in [6.07, 6.45) is 13.7. The van der Waals surface area contributed by atoms with Crippen molar-refractivity contribution in [1.82, 2.24) is 0 Å². The highest BCUT2D eigenvalue weighted by molar-refractivity contribution is 5.66. The summed E-state index contributed by atoms with van der Waals surface area (Å²) in [6, 6.07) is 0. The molecule has 0 aromatic carbocycles. The Bertz CT molecular complexity index is 423. The van der Waals surface area contributed by atoms with E-state index in [2.05, 4.69) is 6.92 Å². The number of hydrogen-bond donors (Lipinski definition) is 4. The van der Waals surface area contributed by atoms with Crippen molar-refractivity contribution in [3.05, 3.63) is 12.2 Å². The van der Waals surface area contributed by atoms with Gasteiger partial charge in [-0.25, -0.2) is 0 Å². The van der Waals surface area contributed by atoms with E-state index in [4.69, 9.17) is 5.11 Å². The van der Waals surface area contributed by atoms with Crippen molar-refractivity contribution in [3.8, 4) is 0 Å². The van der Waals surface area contributed by atoms with E-state index in [9.17, 15) is 20.1 Å². The van der Waals surface area contributed by atoms with Gasteiger partial charge in [0.1, 0.15) is 0 Å². The van der Waals surface area contributed by atoms with Gasteiger partial charge in [-0.2, -0.15) is 0 Å². The van der Waals surface area contributed by atoms with Crippen LogP contribution in [0.1, 0.15) is 90.4 Å². The molecule has 1 saturated carbocycles. The number of rotatable bonds is 15. The molecule has 0 aromatic rings. The van der Waals surface area contributed by atoms with E-state index in [1.807, 2.05) is 6.08 Å². The fraction of sp³-hybridized carbons (Fsp3) is 0.864. The minimum Gasteiger partial charge on any atom is -0.481 e. The van der Waals surface area contributed by atoms with E-state index in [0.29, 0.717) is 12.8 Å². The molecule has 1 aliphatic carbocycles. The largest absolute Gasteiger partial charge is 0.481 e. The summed E-state index contributed by atoms with van der Waals surface area (Å²) in [7, 11) is 0. The van der Waals surface area contributed by atoms with Gasteiger partial charge in [0, 0.05) is 18.8 Å². The lowest BCUT2D eigenvalue weighted by molar-refractivity contribution is -0.137. The molecule has 0 spiro atoms. The normalized spacial score (nSPS) is 26.7. The van der Waals surface area contributed by atoms with Crippen LogP contribution in [0.15, 0.2) is 12.2 Å². The first-order valence-corrected chi connectivity index (χ1v) is 10.9. The third kappa shape index (κ3) is 10.3. The van der Waals surface area contributed by atoms with Crippen molar-refractivity contribution in [2.75, 3.05) is 0 Å². The molecule has 1 aliphatic rings. The number of unbranched alkanes of at least 4 members (excludes halogenated alkanes) is 7. The molecule has 5 nitrogen and oxygen atoms in total. The van der Waals surface area contributed by atoms with Gasteiger partial charge in [-0.05, 0) is 25.2 Å². The number of carboxylic acids is 1. The van der Waals surface area contributed by atoms with Crippen LogP contribution in [0.4, 0.5) is 0 Å². The molecule has 0 heterocycles. The number of aliphatic hydroxyl groups excluding tert-OH is 3. The van der Waals surface area contributed by atoms with Gasteiger partial charge in [-0.1, -0.05) is 70.4 Å². The summed E-state index contributed by atoms with van der Waals surface area (Å²) in [4.78, 5) is 10.5. The molecule has 1 rings (SSSR count). The van der Waals surface area contributed by atoms with Gasteiger partial charge in [-0.15, -0.1) is 0 Å². The predicted octanol–water partition coefficient (Wildman–Crippen LogP) is 4.05. The molecule has 158 valence electrons. The first kappa shape index (κ1) is 24.1. The third-order valence-electron chi connectivity index (χ3n) is 5.75. The van der Waals surface area contributed by atoms with Gasteiger partial charge in [0.2, 0.25) is 0 Å². The fourth-order valence-corrected chi connectivity index (χ4v) is 4.10. The van der Waals surface area contributed by atoms with Crippen molar-refractivity contribution in [1.29, 1.82) is 0 Å². The third-order valence-corrected chi connectivity index (χ3v) is 5.75. The fourth-order valence-electron chi connectivity index (χ4n) is 4.10. The number of hydrogen-bond acceptors (Lipinski definition) is 4. The highest BCUT2D eigenvalue weighted by Crippen LogP contribution is 2.37. The molecule has 0 radical (unpaired) electrons. The molecule has 0 aliphatic heterocycles. The lowest BCUT2D eigenvalue weighted by atomic mass is 9.88. The van der Waals surface area contributed by atoms with Crippen molar-refractivity contribution in [2.24, 2.45) is 11.8 Å². The molecule has 4 N–H and O–H groups in total. The molecule has 5 heteroatoms. The van der Waals surface area contributed by atoms with Crippen molar-refractivity contribution in [3.63, 3.8) is 0 Å². The van der Waals surface area contributed by atoms with Crippen LogP contribution in [0.2, 0.25) is 0 Å². The quantitative estimate of drug-likeness (QED) is 0.252. The smallest absolute Gasteiger partial charge is 0.303 e. The molecule has 27 heavy (non-hydrogen) atoms. The summed E-state index contributed by atoms with van der Waals surface area (Å²) in [5.41, 5.74) is 0. The lowest BCUT2D eigenvalue weighted by Gasteiger charge is -2.21. The van der Waals surface area contributed by atoms with Crippen LogP contribution in [-0.4, -0.2) is 44.7 Å². The van der Waals surface area contributed by atoms with Crippen molar-refractivity contribution < 1.29 is 25.2 Å². The number of carboxylic acid groups (broad SMARTS) is 1. The van der Waals surface area contributed by atoms with Crippen LogP contribution in [0.25, 0.3) is 0 Å². The summed E-state index contributed by atoms with van der Waals surface area (Å²) in [5.74, 6) is -0.834. The monoisotopic (exact) mass is 384 g/mol. The van der Waals surface area contributed by atoms with Gasteiger partial charge in [0.15, 0.2) is 0 Å². The first-order valence-electron chi connectivity index (χ1n) is 10.9. The van der Waals surface area contributed by atoms with E-state index in [1.165, 1.54) is 19.3 Å². The van der Waals surface area contributed by atoms with Crippen LogP contribution in [0.3, 0.4) is 0 Å². The second-order valence-electron chi connectivity index (χ2n) is 8.11. The Morgan fingerprint density at radius 3 is 2.37 bits per heavy atom. The Labute approximate surface area is 164 Å². The van der Waals surface area contributed by atoms with Gasteiger partial charge in [-0.3, -0.25) is 4.79 Å². The van der Waals surface area contributed by atoms with E-state index < -0.39 is 24.3 Å². The zero-order valence-corrected chi connectivity index (χ0v) is 16.9. The second kappa shape index (κ2) is 14.1. The summed E-state index contributed by atoms with van der Waals surface area (Å²) < 4.78 is 0. The lowest BCUT2D eigenvalue weighted by Crippen LogP contribution is -2.21. The van der Waals surface area contributed by atoms with E-state index in [1.54, 1.807) is 6.08 Å². The summed E-state index contributed by atoms with van der Waals surface area (Å²) in [6.45, 7) is 2.19. The summed E-state index contributed by atoms with van der Waals surface area (Å²) >= 11 is 0. The molecule has 0 saturated heterocycles. The highest BCUT2D eigenvalue weighted by Gasteiger charge is 2.39. The van der Waals surface area contributed by atoms with Crippen LogP contribution in [0, 0.1) is 11.8 Å². The molecular formula is C22H40O5. The van der Waals surface area contributed by atoms with Crippen LogP contribution < -0.4 is 0 Å². The SMILES string of the molecule is CCCCCCC[C@H](O)C=C[C@@H]1[C@@H](CCCCCCC(=O)O)[C@@H](O)C[C@H]1O. The van der Waals surface area contributed by atoms with Crippen molar-refractivity contribution >= 4 is 5.97 Å². The minimum absolute atomic E-state index is 0.0208. The average Bonchev–Trinajstić information content (AvgIpc) is 2.88. The number of carbonyl (C=O) groups is 1. The molecule has 0 bridgehead atoms. The molecule has 1 fully saturated rings. The van der Waals surface area contributed by atoms with Gasteiger partial charge in [0.25, 0.3) is 0 Å². The van der Waals surface area contributed by atoms with Gasteiger partial charge >= 0.3 is 5.97 Å². The van der Waals surface area contributed by atoms with E-state index in [-0.39, 0.29) is 18.3 Å². The minimum atomic E-state index is -0.751. The first-order chi connectivity index (χ1) is 13.0. The second-order valence-corrected chi connectivity index (χ2v) is 8.11. The Morgan fingerprint density at radius 2 is 1.67 bits per heavy atom. The molecular weight excluding hydrogens is 344 g/mol.